The fourth-order valence-corrected chi connectivity index (χ4v) is 2.51. The predicted octanol–water partition coefficient (Wildman–Crippen LogP) is 4.44. The standard InChI is InChI=1S/C16H11BrN2O2/c17-10-4-3-5-11(8-10)18-14-9-15(16(20)21)19-13-7-2-1-6-12(13)14/h1-9H,(H,18,19)(H,20,21). The highest BCUT2D eigenvalue weighted by molar-refractivity contribution is 9.10. The molecular formula is C16H11BrN2O2. The second-order valence-corrected chi connectivity index (χ2v) is 5.43. The zero-order valence-corrected chi connectivity index (χ0v) is 12.5. The van der Waals surface area contributed by atoms with E-state index in [1.807, 2.05) is 42.5 Å². The Morgan fingerprint density at radius 1 is 1.10 bits per heavy atom. The van der Waals surface area contributed by atoms with Gasteiger partial charge < -0.3 is 10.4 Å². The zero-order chi connectivity index (χ0) is 14.8. The Bertz CT molecular complexity index is 833. The van der Waals surface area contributed by atoms with Gasteiger partial charge in [0.1, 0.15) is 0 Å². The van der Waals surface area contributed by atoms with Crippen molar-refractivity contribution < 1.29 is 9.90 Å². The van der Waals surface area contributed by atoms with Gasteiger partial charge in [-0.3, -0.25) is 0 Å². The molecule has 0 aliphatic heterocycles. The first-order valence-electron chi connectivity index (χ1n) is 6.29. The van der Waals surface area contributed by atoms with Crippen LogP contribution < -0.4 is 5.32 Å². The average Bonchev–Trinajstić information content (AvgIpc) is 2.47. The Morgan fingerprint density at radius 3 is 2.67 bits per heavy atom. The third-order valence-electron chi connectivity index (χ3n) is 3.04. The van der Waals surface area contributed by atoms with E-state index in [0.29, 0.717) is 5.52 Å². The molecule has 3 rings (SSSR count). The summed E-state index contributed by atoms with van der Waals surface area (Å²) in [6.07, 6.45) is 0. The maximum atomic E-state index is 11.2. The number of anilines is 2. The van der Waals surface area contributed by atoms with E-state index in [2.05, 4.69) is 26.2 Å². The number of para-hydroxylation sites is 1. The van der Waals surface area contributed by atoms with Crippen LogP contribution in [0.25, 0.3) is 10.9 Å². The summed E-state index contributed by atoms with van der Waals surface area (Å²) in [6.45, 7) is 0. The Morgan fingerprint density at radius 2 is 1.90 bits per heavy atom. The molecule has 0 saturated carbocycles. The van der Waals surface area contributed by atoms with Gasteiger partial charge in [-0.05, 0) is 30.3 Å². The van der Waals surface area contributed by atoms with Crippen molar-refractivity contribution in [2.45, 2.75) is 0 Å². The maximum absolute atomic E-state index is 11.2. The molecule has 0 amide bonds. The third kappa shape index (κ3) is 2.87. The van der Waals surface area contributed by atoms with Crippen molar-refractivity contribution in [2.24, 2.45) is 0 Å². The van der Waals surface area contributed by atoms with E-state index in [1.165, 1.54) is 0 Å². The smallest absolute Gasteiger partial charge is 0.354 e. The quantitative estimate of drug-likeness (QED) is 0.738. The Labute approximate surface area is 129 Å². The van der Waals surface area contributed by atoms with Crippen LogP contribution in [0.1, 0.15) is 10.5 Å². The lowest BCUT2D eigenvalue weighted by molar-refractivity contribution is 0.0691. The highest BCUT2D eigenvalue weighted by Gasteiger charge is 2.10. The van der Waals surface area contributed by atoms with E-state index in [1.54, 1.807) is 12.1 Å². The number of pyridine rings is 1. The van der Waals surface area contributed by atoms with E-state index >= 15 is 0 Å². The lowest BCUT2D eigenvalue weighted by atomic mass is 10.1. The summed E-state index contributed by atoms with van der Waals surface area (Å²) < 4.78 is 0.948. The molecule has 1 heterocycles. The zero-order valence-electron chi connectivity index (χ0n) is 10.9. The number of hydrogen-bond acceptors (Lipinski definition) is 3. The first-order chi connectivity index (χ1) is 10.1. The van der Waals surface area contributed by atoms with Gasteiger partial charge in [-0.15, -0.1) is 0 Å². The van der Waals surface area contributed by atoms with Crippen molar-refractivity contribution in [1.29, 1.82) is 0 Å². The second-order valence-electron chi connectivity index (χ2n) is 4.51. The predicted molar refractivity (Wildman–Crippen MR) is 86.1 cm³/mol. The molecule has 0 radical (unpaired) electrons. The minimum Gasteiger partial charge on any atom is -0.477 e. The molecule has 3 aromatic rings. The van der Waals surface area contributed by atoms with Gasteiger partial charge >= 0.3 is 5.97 Å². The van der Waals surface area contributed by atoms with E-state index in [0.717, 1.165) is 21.2 Å². The Hall–Kier alpha value is -2.40. The summed E-state index contributed by atoms with van der Waals surface area (Å²) in [5, 5.41) is 13.3. The number of fused-ring (bicyclic) bond motifs is 1. The number of aromatic carboxylic acids is 1. The van der Waals surface area contributed by atoms with Gasteiger partial charge in [0.2, 0.25) is 0 Å². The molecule has 1 aromatic heterocycles. The van der Waals surface area contributed by atoms with E-state index in [9.17, 15) is 9.90 Å². The number of nitrogens with one attached hydrogen (secondary N) is 1. The fourth-order valence-electron chi connectivity index (χ4n) is 2.11. The van der Waals surface area contributed by atoms with Crippen LogP contribution in [0.5, 0.6) is 0 Å². The number of benzene rings is 2. The number of carboxylic acids is 1. The van der Waals surface area contributed by atoms with Crippen LogP contribution in [0, 0.1) is 0 Å². The number of carboxylic acid groups (broad SMARTS) is 1. The number of nitrogens with zero attached hydrogens (tertiary/aromatic N) is 1. The van der Waals surface area contributed by atoms with E-state index < -0.39 is 5.97 Å². The SMILES string of the molecule is O=C(O)c1cc(Nc2cccc(Br)c2)c2ccccc2n1. The minimum atomic E-state index is -1.04. The number of hydrogen-bond donors (Lipinski definition) is 2. The lowest BCUT2D eigenvalue weighted by Crippen LogP contribution is -2.02. The number of aromatic nitrogens is 1. The van der Waals surface area contributed by atoms with Gasteiger partial charge in [0.25, 0.3) is 0 Å². The fraction of sp³-hybridized carbons (Fsp3) is 0. The maximum Gasteiger partial charge on any atom is 0.354 e. The molecule has 104 valence electrons. The van der Waals surface area contributed by atoms with E-state index in [4.69, 9.17) is 0 Å². The first-order valence-corrected chi connectivity index (χ1v) is 7.08. The summed E-state index contributed by atoms with van der Waals surface area (Å²) in [5.41, 5.74) is 2.26. The minimum absolute atomic E-state index is 0.0196. The van der Waals surface area contributed by atoms with Gasteiger partial charge in [0, 0.05) is 15.5 Å². The van der Waals surface area contributed by atoms with Crippen molar-refractivity contribution >= 4 is 44.2 Å². The van der Waals surface area contributed by atoms with Crippen molar-refractivity contribution in [3.63, 3.8) is 0 Å². The molecular weight excluding hydrogens is 332 g/mol. The molecule has 0 saturated heterocycles. The summed E-state index contributed by atoms with van der Waals surface area (Å²) >= 11 is 3.42. The highest BCUT2D eigenvalue weighted by atomic mass is 79.9. The van der Waals surface area contributed by atoms with Gasteiger partial charge in [-0.1, -0.05) is 40.2 Å². The van der Waals surface area contributed by atoms with Gasteiger partial charge in [0.15, 0.2) is 5.69 Å². The van der Waals surface area contributed by atoms with Crippen LogP contribution in [-0.4, -0.2) is 16.1 Å². The van der Waals surface area contributed by atoms with Gasteiger partial charge in [-0.2, -0.15) is 0 Å². The number of halogens is 1. The van der Waals surface area contributed by atoms with Crippen LogP contribution in [0.2, 0.25) is 0 Å². The second kappa shape index (κ2) is 5.54. The van der Waals surface area contributed by atoms with Crippen LogP contribution in [0.4, 0.5) is 11.4 Å². The topological polar surface area (TPSA) is 62.2 Å². The van der Waals surface area contributed by atoms with Crippen molar-refractivity contribution in [2.75, 3.05) is 5.32 Å². The van der Waals surface area contributed by atoms with E-state index in [-0.39, 0.29) is 5.69 Å². The monoisotopic (exact) mass is 342 g/mol. The van der Waals surface area contributed by atoms with Crippen LogP contribution in [-0.2, 0) is 0 Å². The van der Waals surface area contributed by atoms with Crippen molar-refractivity contribution in [3.05, 3.63) is 64.8 Å². The average molecular weight is 343 g/mol. The summed E-state index contributed by atoms with van der Waals surface area (Å²) in [5.74, 6) is -1.04. The Balaban J connectivity index is 2.13. The number of carbonyl (C=O) groups is 1. The molecule has 2 N–H and O–H groups in total. The molecule has 0 spiro atoms. The normalized spacial score (nSPS) is 10.5. The van der Waals surface area contributed by atoms with Crippen molar-refractivity contribution in [1.82, 2.24) is 4.98 Å². The molecule has 2 aromatic carbocycles. The lowest BCUT2D eigenvalue weighted by Gasteiger charge is -2.11. The molecule has 0 unspecified atom stereocenters. The molecule has 21 heavy (non-hydrogen) atoms. The first kappa shape index (κ1) is 13.6. The van der Waals surface area contributed by atoms with Crippen molar-refractivity contribution in [3.8, 4) is 0 Å². The molecule has 0 fully saturated rings. The molecule has 5 heteroatoms. The third-order valence-corrected chi connectivity index (χ3v) is 3.53. The largest absolute Gasteiger partial charge is 0.477 e. The number of rotatable bonds is 3. The molecule has 4 nitrogen and oxygen atoms in total. The highest BCUT2D eigenvalue weighted by Crippen LogP contribution is 2.27. The van der Waals surface area contributed by atoms with Gasteiger partial charge in [-0.25, -0.2) is 9.78 Å². The summed E-state index contributed by atoms with van der Waals surface area (Å²) in [4.78, 5) is 15.4. The van der Waals surface area contributed by atoms with Crippen LogP contribution in [0.3, 0.4) is 0 Å². The van der Waals surface area contributed by atoms with Crippen LogP contribution in [0.15, 0.2) is 59.1 Å². The van der Waals surface area contributed by atoms with Crippen LogP contribution >= 0.6 is 15.9 Å². The molecule has 0 bridgehead atoms. The Kier molecular flexibility index (Phi) is 3.58. The summed E-state index contributed by atoms with van der Waals surface area (Å²) in [7, 11) is 0. The van der Waals surface area contributed by atoms with Gasteiger partial charge in [0.05, 0.1) is 11.2 Å². The molecule has 0 aliphatic rings. The molecule has 0 atom stereocenters. The summed E-state index contributed by atoms with van der Waals surface area (Å²) in [6, 6.07) is 16.7. The molecule has 0 aliphatic carbocycles.